The average molecular weight is 362 g/mol. The van der Waals surface area contributed by atoms with E-state index in [1.165, 1.54) is 0 Å². The Morgan fingerprint density at radius 1 is 0.625 bits per heavy atom. The summed E-state index contributed by atoms with van der Waals surface area (Å²) in [5, 5.41) is 0. The van der Waals surface area contributed by atoms with E-state index in [-0.39, 0.29) is 51.4 Å². The molecule has 0 aromatic rings. The molecule has 0 aliphatic rings. The molecule has 0 radical (unpaired) electrons. The zero-order chi connectivity index (χ0) is 6.41. The third-order valence-corrected chi connectivity index (χ3v) is 0. The molecule has 8 heteroatoms. The van der Waals surface area contributed by atoms with E-state index in [9.17, 15) is 15.8 Å². The molecule has 0 unspecified atom stereocenters. The van der Waals surface area contributed by atoms with Gasteiger partial charge in [-0.15, -0.1) is 0 Å². The smallest absolute Gasteiger partial charge is 1.00 e. The molecule has 0 rings (SSSR count). The summed E-state index contributed by atoms with van der Waals surface area (Å²) in [6.45, 7) is 0. The molecule has 0 heterocycles. The van der Waals surface area contributed by atoms with Gasteiger partial charge in [0.15, 0.2) is 0 Å². The molecule has 0 atom stereocenters. The minimum absolute atomic E-state index is 0. The topological polar surface area (TPSA) is 0 Å². The fourth-order valence-electron chi connectivity index (χ4n) is 0. The Labute approximate surface area is 86.2 Å². The summed E-state index contributed by atoms with van der Waals surface area (Å²) >= 11 is -11.4. The van der Waals surface area contributed by atoms with Crippen molar-refractivity contribution in [3.63, 3.8) is 0 Å². The molecule has 0 aliphatic carbocycles. The second kappa shape index (κ2) is 2.04. The van der Waals surface area contributed by atoms with E-state index in [1.54, 1.807) is 0 Å². The number of hydrogen-bond acceptors (Lipinski definition) is 0. The standard InChI is InChI=1S/Bi.6FH.K/h;6*1H;/q+5;;;;;;;+1/p-6. The van der Waals surface area contributed by atoms with E-state index >= 15 is 0 Å². The van der Waals surface area contributed by atoms with Gasteiger partial charge >= 0.3 is 88.1 Å². The van der Waals surface area contributed by atoms with Gasteiger partial charge in [0, 0.05) is 0 Å². The molecule has 0 saturated carbocycles. The minimum Gasteiger partial charge on any atom is 1.00 e. The third-order valence-electron chi connectivity index (χ3n) is 0. The Bertz CT molecular complexity index is 67.1. The first kappa shape index (κ1) is 12.7. The van der Waals surface area contributed by atoms with E-state index in [0.29, 0.717) is 0 Å². The summed E-state index contributed by atoms with van der Waals surface area (Å²) in [5.41, 5.74) is 0. The molecule has 0 bridgehead atoms. The normalized spacial score (nSPS) is 20.2. The van der Waals surface area contributed by atoms with Crippen LogP contribution in [0.2, 0.25) is 0 Å². The Balaban J connectivity index is 0. The van der Waals surface area contributed by atoms with E-state index in [0.717, 1.165) is 0 Å². The van der Waals surface area contributed by atoms with Crippen LogP contribution in [0.15, 0.2) is 0 Å². The van der Waals surface area contributed by atoms with Gasteiger partial charge in [-0.05, 0) is 0 Å². The molecule has 0 amide bonds. The molecule has 0 aliphatic heterocycles. The third kappa shape index (κ3) is 92.6. The van der Waals surface area contributed by atoms with Crippen molar-refractivity contribution < 1.29 is 67.1 Å². The monoisotopic (exact) mass is 362 g/mol. The van der Waals surface area contributed by atoms with Crippen LogP contribution in [-0.2, 0) is 0 Å². The van der Waals surface area contributed by atoms with Gasteiger partial charge in [0.2, 0.25) is 0 Å². The Hall–Kier alpha value is 2.10. The van der Waals surface area contributed by atoms with Gasteiger partial charge in [-0.3, -0.25) is 0 Å². The van der Waals surface area contributed by atoms with Crippen molar-refractivity contribution in [1.82, 2.24) is 0 Å². The van der Waals surface area contributed by atoms with Gasteiger partial charge in [0.25, 0.3) is 0 Å². The van der Waals surface area contributed by atoms with E-state index in [4.69, 9.17) is 0 Å². The first-order valence-electron chi connectivity index (χ1n) is 1.01. The molecule has 8 heavy (non-hydrogen) atoms. The van der Waals surface area contributed by atoms with Gasteiger partial charge in [-0.2, -0.15) is 0 Å². The van der Waals surface area contributed by atoms with Gasteiger partial charge in [-0.25, -0.2) is 0 Å². The maximum absolute atomic E-state index is 11.4. The zero-order valence-electron chi connectivity index (χ0n) is 3.72. The average Bonchev–Trinajstić information content (AvgIpc) is 0.592. The van der Waals surface area contributed by atoms with Crippen LogP contribution in [0.25, 0.3) is 0 Å². The number of halogens is 6. The van der Waals surface area contributed by atoms with Crippen LogP contribution >= 0.6 is 0 Å². The predicted molar refractivity (Wildman–Crippen MR) is 12.4 cm³/mol. The Kier molecular flexibility index (Phi) is 3.25. The summed E-state index contributed by atoms with van der Waals surface area (Å²) in [4.78, 5) is 0. The molecule has 0 saturated heterocycles. The first-order valence-corrected chi connectivity index (χ1v) is 8.90. The Morgan fingerprint density at radius 2 is 0.625 bits per heavy atom. The minimum atomic E-state index is -11.4. The van der Waals surface area contributed by atoms with Crippen molar-refractivity contribution in [1.29, 1.82) is 0 Å². The van der Waals surface area contributed by atoms with Crippen molar-refractivity contribution in [2.75, 3.05) is 0 Å². The van der Waals surface area contributed by atoms with E-state index in [1.807, 2.05) is 0 Å². The quantitative estimate of drug-likeness (QED) is 0.389. The molecule has 0 N–H and O–H groups in total. The summed E-state index contributed by atoms with van der Waals surface area (Å²) in [5.74, 6) is 0. The fraction of sp³-hybridized carbons (Fsp3) is 0. The van der Waals surface area contributed by atoms with Gasteiger partial charge in [-0.1, -0.05) is 0 Å². The largest absolute Gasteiger partial charge is 1.00 e. The predicted octanol–water partition coefficient (Wildman–Crippen LogP) is -0.856. The van der Waals surface area contributed by atoms with Gasteiger partial charge < -0.3 is 0 Å². The van der Waals surface area contributed by atoms with Crippen LogP contribution in [0, 0.1) is 0 Å². The molecule has 0 aromatic carbocycles. The summed E-state index contributed by atoms with van der Waals surface area (Å²) < 4.78 is 59.6. The summed E-state index contributed by atoms with van der Waals surface area (Å²) in [7, 11) is 0. The van der Waals surface area contributed by atoms with Crippen molar-refractivity contribution in [3.05, 3.63) is 0 Å². The second-order valence-electron chi connectivity index (χ2n) is 0.958. The second-order valence-corrected chi connectivity index (χ2v) is 8.41. The van der Waals surface area contributed by atoms with Gasteiger partial charge in [0.05, 0.1) is 0 Å². The maximum Gasteiger partial charge on any atom is 1.00 e. The zero-order valence-corrected chi connectivity index (χ0v) is 10.3. The molecule has 0 spiro atoms. The maximum atomic E-state index is 9.94. The van der Waals surface area contributed by atoms with Crippen LogP contribution in [0.4, 0.5) is 15.8 Å². The molecule has 0 fully saturated rings. The van der Waals surface area contributed by atoms with Crippen LogP contribution in [0.5, 0.6) is 0 Å². The fourth-order valence-corrected chi connectivity index (χ4v) is 0. The Morgan fingerprint density at radius 3 is 0.625 bits per heavy atom. The van der Waals surface area contributed by atoms with Crippen LogP contribution in [-0.4, -0.2) is 21.0 Å². The van der Waals surface area contributed by atoms with Crippen molar-refractivity contribution in [2.45, 2.75) is 0 Å². The van der Waals surface area contributed by atoms with Gasteiger partial charge in [0.1, 0.15) is 0 Å². The summed E-state index contributed by atoms with van der Waals surface area (Å²) in [6.07, 6.45) is 0. The molecule has 0 aromatic heterocycles. The van der Waals surface area contributed by atoms with Crippen molar-refractivity contribution in [2.24, 2.45) is 0 Å². The van der Waals surface area contributed by atoms with Crippen LogP contribution < -0.4 is 51.4 Å². The van der Waals surface area contributed by atoms with Crippen LogP contribution in [0.3, 0.4) is 0 Å². The molecular weight excluding hydrogens is 362 g/mol. The number of hydrogen-bond donors (Lipinski definition) is 0. The first-order chi connectivity index (χ1) is 2.45. The molecular formula is BiF6K. The molecule has 48 valence electrons. The van der Waals surface area contributed by atoms with Crippen molar-refractivity contribution in [3.8, 4) is 0 Å². The van der Waals surface area contributed by atoms with Crippen molar-refractivity contribution >= 4 is 21.0 Å². The van der Waals surface area contributed by atoms with E-state index in [2.05, 4.69) is 0 Å². The summed E-state index contributed by atoms with van der Waals surface area (Å²) in [6, 6.07) is 0. The molecule has 0 nitrogen and oxygen atoms in total. The van der Waals surface area contributed by atoms with E-state index < -0.39 is 21.0 Å². The van der Waals surface area contributed by atoms with Crippen LogP contribution in [0.1, 0.15) is 0 Å². The number of rotatable bonds is 0. The SMILES string of the molecule is [F][Bi-]([F])([F])([F])([F])[F].[K+].